The molecule has 3 aromatic rings. The summed E-state index contributed by atoms with van der Waals surface area (Å²) in [5.74, 6) is -2.73. The number of β-amino-alcohol motifs (C(OH)–C–C–N with tert-alkyl or cyclic N) is 1. The lowest BCUT2D eigenvalue weighted by atomic mass is 9.85. The van der Waals surface area contributed by atoms with Crippen molar-refractivity contribution in [3.05, 3.63) is 35.8 Å². The number of carbonyl (C=O) groups excluding carboxylic acids is 1. The fraction of sp³-hybridized carbons (Fsp3) is 0.538. The van der Waals surface area contributed by atoms with Crippen LogP contribution in [-0.2, 0) is 9.53 Å². The number of fused-ring (bicyclic) bond motifs is 1. The molecule has 3 fully saturated rings. The minimum Gasteiger partial charge on any atom is -0.391 e. The molecule has 208 valence electrons. The summed E-state index contributed by atoms with van der Waals surface area (Å²) in [7, 11) is 0. The van der Waals surface area contributed by atoms with E-state index in [1.165, 1.54) is 0 Å². The van der Waals surface area contributed by atoms with Crippen molar-refractivity contribution < 1.29 is 27.8 Å². The van der Waals surface area contributed by atoms with Gasteiger partial charge in [0.2, 0.25) is 17.8 Å². The summed E-state index contributed by atoms with van der Waals surface area (Å²) >= 11 is 0. The number of nitrogens with one attached hydrogen (secondary N) is 2. The van der Waals surface area contributed by atoms with Crippen LogP contribution in [0.3, 0.4) is 0 Å². The monoisotopic (exact) mass is 545 g/mol. The van der Waals surface area contributed by atoms with E-state index in [9.17, 15) is 23.1 Å². The maximum Gasteiger partial charge on any atom is 0.225 e. The number of benzene rings is 1. The first kappa shape index (κ1) is 25.8. The maximum atomic E-state index is 14.5. The van der Waals surface area contributed by atoms with Crippen LogP contribution in [0.4, 0.5) is 30.8 Å². The fourth-order valence-electron chi connectivity index (χ4n) is 5.78. The standard InChI is InChI=1S/C26H30F3N7O3/c27-15-9-19(28)22(20(29)10-15)33-26-32-21-11-30-25(31-16-6-8-39-13-16)34-23(21)36(26)17-3-1-14(2-4-17)24(38)35-7-5-18(37)12-35/h9-11,14,16-18,37H,1-8,12-13H2,(H,32,33)(H,30,31,34)/t14?,16?,17?,18-/m1/s1. The molecule has 6 rings (SSSR count). The number of hydrogen-bond acceptors (Lipinski definition) is 8. The number of aliphatic hydroxyl groups excluding tert-OH is 1. The molecule has 1 aliphatic carbocycles. The number of amides is 1. The fourth-order valence-corrected chi connectivity index (χ4v) is 5.78. The van der Waals surface area contributed by atoms with E-state index in [2.05, 4.69) is 20.6 Å². The predicted molar refractivity (Wildman–Crippen MR) is 136 cm³/mol. The van der Waals surface area contributed by atoms with E-state index in [1.54, 1.807) is 15.7 Å². The Kier molecular flexibility index (Phi) is 7.02. The van der Waals surface area contributed by atoms with E-state index in [0.717, 1.165) is 6.42 Å². The minimum atomic E-state index is -1.08. The lowest BCUT2D eigenvalue weighted by Crippen LogP contribution is -2.37. The average Bonchev–Trinajstić information content (AvgIpc) is 3.66. The number of rotatable bonds is 6. The number of nitrogens with zero attached hydrogens (tertiary/aromatic N) is 5. The molecule has 0 radical (unpaired) electrons. The third-order valence-corrected chi connectivity index (χ3v) is 7.83. The van der Waals surface area contributed by atoms with Crippen LogP contribution >= 0.6 is 0 Å². The smallest absolute Gasteiger partial charge is 0.225 e. The van der Waals surface area contributed by atoms with Gasteiger partial charge >= 0.3 is 0 Å². The van der Waals surface area contributed by atoms with Gasteiger partial charge in [-0.25, -0.2) is 23.1 Å². The van der Waals surface area contributed by atoms with Crippen molar-refractivity contribution in [2.75, 3.05) is 36.9 Å². The lowest BCUT2D eigenvalue weighted by molar-refractivity contribution is -0.136. The van der Waals surface area contributed by atoms with Crippen LogP contribution in [0.5, 0.6) is 0 Å². The van der Waals surface area contributed by atoms with Gasteiger partial charge in [-0.3, -0.25) is 9.36 Å². The quantitative estimate of drug-likeness (QED) is 0.431. The van der Waals surface area contributed by atoms with Crippen molar-refractivity contribution in [1.82, 2.24) is 24.4 Å². The molecule has 3 aliphatic rings. The Hall–Kier alpha value is -3.45. The highest BCUT2D eigenvalue weighted by molar-refractivity contribution is 5.79. The van der Waals surface area contributed by atoms with Gasteiger partial charge in [-0.15, -0.1) is 0 Å². The number of anilines is 3. The van der Waals surface area contributed by atoms with Gasteiger partial charge in [0, 0.05) is 43.8 Å². The number of halogens is 3. The topological polar surface area (TPSA) is 117 Å². The summed E-state index contributed by atoms with van der Waals surface area (Å²) in [5.41, 5.74) is 0.394. The molecule has 2 atom stereocenters. The highest BCUT2D eigenvalue weighted by atomic mass is 19.1. The van der Waals surface area contributed by atoms with E-state index in [4.69, 9.17) is 9.72 Å². The third-order valence-electron chi connectivity index (χ3n) is 7.83. The first-order valence-electron chi connectivity index (χ1n) is 13.3. The zero-order valence-corrected chi connectivity index (χ0v) is 21.2. The molecule has 2 saturated heterocycles. The normalized spacial score (nSPS) is 25.4. The Morgan fingerprint density at radius 2 is 1.82 bits per heavy atom. The highest BCUT2D eigenvalue weighted by Crippen LogP contribution is 2.38. The van der Waals surface area contributed by atoms with Gasteiger partial charge in [-0.1, -0.05) is 0 Å². The van der Waals surface area contributed by atoms with E-state index in [0.29, 0.717) is 87.7 Å². The van der Waals surface area contributed by atoms with Crippen molar-refractivity contribution in [3.8, 4) is 0 Å². The molecule has 0 bridgehead atoms. The molecule has 1 aromatic carbocycles. The molecule has 4 heterocycles. The Labute approximate surface area is 222 Å². The van der Waals surface area contributed by atoms with Crippen LogP contribution in [0.15, 0.2) is 18.3 Å². The Bertz CT molecular complexity index is 1350. The number of aliphatic hydroxyl groups is 1. The second kappa shape index (κ2) is 10.6. The van der Waals surface area contributed by atoms with Crippen molar-refractivity contribution in [1.29, 1.82) is 0 Å². The molecule has 39 heavy (non-hydrogen) atoms. The van der Waals surface area contributed by atoms with E-state index in [-0.39, 0.29) is 29.9 Å². The minimum absolute atomic E-state index is 0.0573. The highest BCUT2D eigenvalue weighted by Gasteiger charge is 2.34. The van der Waals surface area contributed by atoms with Crippen LogP contribution in [0, 0.1) is 23.4 Å². The summed E-state index contributed by atoms with van der Waals surface area (Å²) in [6, 6.07) is 1.13. The summed E-state index contributed by atoms with van der Waals surface area (Å²) < 4.78 is 49.8. The molecule has 1 saturated carbocycles. The summed E-state index contributed by atoms with van der Waals surface area (Å²) in [6.45, 7) is 2.13. The van der Waals surface area contributed by atoms with E-state index < -0.39 is 29.2 Å². The van der Waals surface area contributed by atoms with Crippen molar-refractivity contribution in [2.24, 2.45) is 5.92 Å². The first-order chi connectivity index (χ1) is 18.9. The Balaban J connectivity index is 1.30. The second-order valence-electron chi connectivity index (χ2n) is 10.5. The molecule has 2 aromatic heterocycles. The molecule has 3 N–H and O–H groups in total. The molecule has 1 unspecified atom stereocenters. The maximum absolute atomic E-state index is 14.5. The number of hydrogen-bond donors (Lipinski definition) is 3. The molecular formula is C26H30F3N7O3. The number of ether oxygens (including phenoxy) is 1. The Morgan fingerprint density at radius 3 is 2.49 bits per heavy atom. The SMILES string of the molecule is O=C(C1CCC(n2c(Nc3c(F)cc(F)cc3F)nc3cnc(NC4CCOC4)nc32)CC1)N1CC[C@@H](O)C1. The molecule has 13 heteroatoms. The zero-order chi connectivity index (χ0) is 27.1. The van der Waals surface area contributed by atoms with Gasteiger partial charge in [-0.2, -0.15) is 4.98 Å². The zero-order valence-electron chi connectivity index (χ0n) is 21.2. The number of imidazole rings is 1. The van der Waals surface area contributed by atoms with Crippen LogP contribution in [0.1, 0.15) is 44.6 Å². The molecule has 10 nitrogen and oxygen atoms in total. The van der Waals surface area contributed by atoms with Crippen molar-refractivity contribution >= 4 is 34.7 Å². The molecular weight excluding hydrogens is 515 g/mol. The molecule has 0 spiro atoms. The number of likely N-dealkylation sites (tertiary alicyclic amines) is 1. The van der Waals surface area contributed by atoms with Gasteiger partial charge in [0.15, 0.2) is 17.3 Å². The Morgan fingerprint density at radius 1 is 1.05 bits per heavy atom. The lowest BCUT2D eigenvalue weighted by Gasteiger charge is -2.32. The van der Waals surface area contributed by atoms with Crippen LogP contribution in [0.2, 0.25) is 0 Å². The van der Waals surface area contributed by atoms with Gasteiger partial charge in [-0.05, 0) is 38.5 Å². The van der Waals surface area contributed by atoms with Gasteiger partial charge in [0.1, 0.15) is 17.0 Å². The van der Waals surface area contributed by atoms with Crippen molar-refractivity contribution in [2.45, 2.75) is 56.7 Å². The molecule has 2 aliphatic heterocycles. The van der Waals surface area contributed by atoms with E-state index in [1.807, 2.05) is 0 Å². The van der Waals surface area contributed by atoms with Gasteiger partial charge in [0.25, 0.3) is 0 Å². The average molecular weight is 546 g/mol. The van der Waals surface area contributed by atoms with Crippen molar-refractivity contribution in [3.63, 3.8) is 0 Å². The first-order valence-corrected chi connectivity index (χ1v) is 13.3. The summed E-state index contributed by atoms with van der Waals surface area (Å²) in [4.78, 5) is 28.3. The van der Waals surface area contributed by atoms with E-state index >= 15 is 0 Å². The van der Waals surface area contributed by atoms with Crippen LogP contribution in [-0.4, -0.2) is 73.9 Å². The number of carbonyl (C=O) groups is 1. The van der Waals surface area contributed by atoms with Crippen LogP contribution in [0.25, 0.3) is 11.2 Å². The third kappa shape index (κ3) is 5.24. The summed E-state index contributed by atoms with van der Waals surface area (Å²) in [6.07, 6.45) is 4.96. The summed E-state index contributed by atoms with van der Waals surface area (Å²) in [5, 5.41) is 15.8. The molecule has 1 amide bonds. The van der Waals surface area contributed by atoms with Gasteiger partial charge in [0.05, 0.1) is 24.9 Å². The predicted octanol–water partition coefficient (Wildman–Crippen LogP) is 3.51. The van der Waals surface area contributed by atoms with Crippen LogP contribution < -0.4 is 10.6 Å². The number of aromatic nitrogens is 4. The largest absolute Gasteiger partial charge is 0.391 e. The second-order valence-corrected chi connectivity index (χ2v) is 10.5. The van der Waals surface area contributed by atoms with Gasteiger partial charge < -0.3 is 25.4 Å².